The van der Waals surface area contributed by atoms with Crippen molar-refractivity contribution in [1.82, 2.24) is 15.5 Å². The Morgan fingerprint density at radius 1 is 1.71 bits per heavy atom. The van der Waals surface area contributed by atoms with Crippen molar-refractivity contribution in [1.29, 1.82) is 0 Å². The van der Waals surface area contributed by atoms with Gasteiger partial charge in [-0.25, -0.2) is 0 Å². The second kappa shape index (κ2) is 4.57. The molecule has 1 unspecified atom stereocenters. The van der Waals surface area contributed by atoms with Gasteiger partial charge in [0.05, 0.1) is 12.3 Å². The molecular weight excluding hydrogens is 178 g/mol. The van der Waals surface area contributed by atoms with Crippen LogP contribution in [0.1, 0.15) is 30.7 Å². The Morgan fingerprint density at radius 2 is 2.64 bits per heavy atom. The van der Waals surface area contributed by atoms with Crippen LogP contribution in [0.15, 0.2) is 6.07 Å². The van der Waals surface area contributed by atoms with Crippen LogP contribution in [-0.2, 0) is 11.3 Å². The molecule has 0 aliphatic carbocycles. The Labute approximate surface area is 84.0 Å². The first-order valence-electron chi connectivity index (χ1n) is 5.22. The Hall–Kier alpha value is -0.870. The molecule has 0 radical (unpaired) electrons. The Bertz CT molecular complexity index is 279. The molecule has 0 spiro atoms. The number of aromatic amines is 1. The molecule has 1 aliphatic rings. The lowest BCUT2D eigenvalue weighted by atomic mass is 10.1. The molecule has 2 rings (SSSR count). The van der Waals surface area contributed by atoms with Crippen molar-refractivity contribution in [2.75, 3.05) is 19.8 Å². The average molecular weight is 195 g/mol. The second-order valence-electron chi connectivity index (χ2n) is 3.66. The van der Waals surface area contributed by atoms with Gasteiger partial charge in [0.25, 0.3) is 0 Å². The van der Waals surface area contributed by atoms with E-state index in [-0.39, 0.29) is 0 Å². The Balaban J connectivity index is 1.94. The average Bonchev–Trinajstić information content (AvgIpc) is 2.85. The summed E-state index contributed by atoms with van der Waals surface area (Å²) < 4.78 is 5.33. The van der Waals surface area contributed by atoms with E-state index in [4.69, 9.17) is 4.74 Å². The lowest BCUT2D eigenvalue weighted by Crippen LogP contribution is -2.11. The van der Waals surface area contributed by atoms with Crippen LogP contribution >= 0.6 is 0 Å². The first kappa shape index (κ1) is 9.68. The summed E-state index contributed by atoms with van der Waals surface area (Å²) >= 11 is 0. The highest BCUT2D eigenvalue weighted by atomic mass is 16.5. The quantitative estimate of drug-likeness (QED) is 0.754. The predicted molar refractivity (Wildman–Crippen MR) is 54.1 cm³/mol. The van der Waals surface area contributed by atoms with Gasteiger partial charge in [0.1, 0.15) is 0 Å². The van der Waals surface area contributed by atoms with Crippen LogP contribution < -0.4 is 5.32 Å². The fraction of sp³-hybridized carbons (Fsp3) is 0.700. The third-order valence-electron chi connectivity index (χ3n) is 2.56. The highest BCUT2D eigenvalue weighted by Gasteiger charge is 2.20. The third-order valence-corrected chi connectivity index (χ3v) is 2.56. The van der Waals surface area contributed by atoms with Crippen molar-refractivity contribution in [3.63, 3.8) is 0 Å². The summed E-state index contributed by atoms with van der Waals surface area (Å²) in [5.41, 5.74) is 2.31. The SMILES string of the molecule is CCNCc1cc(C2CCOC2)n[nH]1. The summed E-state index contributed by atoms with van der Waals surface area (Å²) in [4.78, 5) is 0. The molecule has 1 saturated heterocycles. The number of H-pyrrole nitrogens is 1. The molecule has 1 aliphatic heterocycles. The molecule has 2 N–H and O–H groups in total. The monoisotopic (exact) mass is 195 g/mol. The third kappa shape index (κ3) is 2.13. The van der Waals surface area contributed by atoms with Crippen LogP contribution in [0, 0.1) is 0 Å². The summed E-state index contributed by atoms with van der Waals surface area (Å²) in [5, 5.41) is 10.6. The van der Waals surface area contributed by atoms with E-state index < -0.39 is 0 Å². The fourth-order valence-electron chi connectivity index (χ4n) is 1.71. The van der Waals surface area contributed by atoms with Gasteiger partial charge < -0.3 is 10.1 Å². The highest BCUT2D eigenvalue weighted by molar-refractivity contribution is 5.14. The smallest absolute Gasteiger partial charge is 0.0680 e. The van der Waals surface area contributed by atoms with E-state index >= 15 is 0 Å². The lowest BCUT2D eigenvalue weighted by Gasteiger charge is -2.00. The zero-order valence-corrected chi connectivity index (χ0v) is 8.55. The highest BCUT2D eigenvalue weighted by Crippen LogP contribution is 2.23. The van der Waals surface area contributed by atoms with Crippen LogP contribution in [0.3, 0.4) is 0 Å². The predicted octanol–water partition coefficient (Wildman–Crippen LogP) is 1.02. The largest absolute Gasteiger partial charge is 0.381 e. The van der Waals surface area contributed by atoms with Gasteiger partial charge in [-0.15, -0.1) is 0 Å². The van der Waals surface area contributed by atoms with Gasteiger partial charge >= 0.3 is 0 Å². The summed E-state index contributed by atoms with van der Waals surface area (Å²) in [6, 6.07) is 2.14. The molecule has 0 saturated carbocycles. The molecular formula is C10H17N3O. The van der Waals surface area contributed by atoms with Crippen LogP contribution in [0.25, 0.3) is 0 Å². The van der Waals surface area contributed by atoms with Gasteiger partial charge in [-0.2, -0.15) is 5.10 Å². The van der Waals surface area contributed by atoms with Crippen molar-refractivity contribution in [2.45, 2.75) is 25.8 Å². The van der Waals surface area contributed by atoms with Crippen molar-refractivity contribution in [3.05, 3.63) is 17.5 Å². The molecule has 78 valence electrons. The molecule has 4 nitrogen and oxygen atoms in total. The van der Waals surface area contributed by atoms with Gasteiger partial charge in [0.15, 0.2) is 0 Å². The van der Waals surface area contributed by atoms with Gasteiger partial charge in [0, 0.05) is 24.8 Å². The number of nitrogens with zero attached hydrogens (tertiary/aromatic N) is 1. The molecule has 0 aromatic carbocycles. The van der Waals surface area contributed by atoms with Gasteiger partial charge in [-0.3, -0.25) is 5.10 Å². The van der Waals surface area contributed by atoms with Crippen molar-refractivity contribution < 1.29 is 4.74 Å². The second-order valence-corrected chi connectivity index (χ2v) is 3.66. The maximum atomic E-state index is 5.33. The number of hydrogen-bond donors (Lipinski definition) is 2. The molecule has 1 fully saturated rings. The molecule has 1 aromatic heterocycles. The summed E-state index contributed by atoms with van der Waals surface area (Å²) in [5.74, 6) is 0.502. The Morgan fingerprint density at radius 3 is 3.36 bits per heavy atom. The van der Waals surface area contributed by atoms with E-state index in [2.05, 4.69) is 28.5 Å². The topological polar surface area (TPSA) is 49.9 Å². The minimum absolute atomic E-state index is 0.502. The van der Waals surface area contributed by atoms with Crippen LogP contribution in [0.5, 0.6) is 0 Å². The number of hydrogen-bond acceptors (Lipinski definition) is 3. The van der Waals surface area contributed by atoms with Gasteiger partial charge in [-0.1, -0.05) is 6.92 Å². The molecule has 2 heterocycles. The molecule has 1 atom stereocenters. The van der Waals surface area contributed by atoms with E-state index in [9.17, 15) is 0 Å². The van der Waals surface area contributed by atoms with Gasteiger partial charge in [-0.05, 0) is 19.0 Å². The normalized spacial score (nSPS) is 21.6. The molecule has 0 bridgehead atoms. The molecule has 1 aromatic rings. The number of aromatic nitrogens is 2. The van der Waals surface area contributed by atoms with E-state index in [1.807, 2.05) is 0 Å². The Kier molecular flexibility index (Phi) is 3.16. The lowest BCUT2D eigenvalue weighted by molar-refractivity contribution is 0.193. The number of rotatable bonds is 4. The first-order chi connectivity index (χ1) is 6.90. The van der Waals surface area contributed by atoms with E-state index in [1.165, 1.54) is 0 Å². The van der Waals surface area contributed by atoms with E-state index in [0.29, 0.717) is 5.92 Å². The zero-order valence-electron chi connectivity index (χ0n) is 8.55. The van der Waals surface area contributed by atoms with Crippen molar-refractivity contribution >= 4 is 0 Å². The van der Waals surface area contributed by atoms with E-state index in [0.717, 1.165) is 44.1 Å². The van der Waals surface area contributed by atoms with Crippen molar-refractivity contribution in [2.24, 2.45) is 0 Å². The number of ether oxygens (including phenoxy) is 1. The summed E-state index contributed by atoms with van der Waals surface area (Å²) in [6.45, 7) is 5.66. The van der Waals surface area contributed by atoms with Gasteiger partial charge in [0.2, 0.25) is 0 Å². The molecule has 0 amide bonds. The minimum Gasteiger partial charge on any atom is -0.381 e. The first-order valence-corrected chi connectivity index (χ1v) is 5.22. The van der Waals surface area contributed by atoms with Crippen molar-refractivity contribution in [3.8, 4) is 0 Å². The summed E-state index contributed by atoms with van der Waals surface area (Å²) in [6.07, 6.45) is 1.10. The van der Waals surface area contributed by atoms with Crippen LogP contribution in [0.2, 0.25) is 0 Å². The maximum Gasteiger partial charge on any atom is 0.0680 e. The van der Waals surface area contributed by atoms with Crippen LogP contribution in [0.4, 0.5) is 0 Å². The molecule has 14 heavy (non-hydrogen) atoms. The van der Waals surface area contributed by atoms with E-state index in [1.54, 1.807) is 0 Å². The fourth-order valence-corrected chi connectivity index (χ4v) is 1.71. The molecule has 4 heteroatoms. The summed E-state index contributed by atoms with van der Waals surface area (Å²) in [7, 11) is 0. The maximum absolute atomic E-state index is 5.33. The number of nitrogens with one attached hydrogen (secondary N) is 2. The zero-order chi connectivity index (χ0) is 9.80. The minimum atomic E-state index is 0.502. The van der Waals surface area contributed by atoms with Crippen LogP contribution in [-0.4, -0.2) is 30.0 Å². The standard InChI is InChI=1S/C10H17N3O/c1-2-11-6-9-5-10(13-12-9)8-3-4-14-7-8/h5,8,11H,2-4,6-7H2,1H3,(H,12,13).